The number of benzene rings is 2. The van der Waals surface area contributed by atoms with E-state index in [2.05, 4.69) is 17.4 Å². The van der Waals surface area contributed by atoms with Crippen LogP contribution in [0.2, 0.25) is 0 Å². The van der Waals surface area contributed by atoms with Gasteiger partial charge < -0.3 is 10.2 Å². The van der Waals surface area contributed by atoms with E-state index in [0.717, 1.165) is 11.3 Å². The smallest absolute Gasteiger partial charge is 0.242 e. The highest BCUT2D eigenvalue weighted by atomic mass is 32.2. The number of hydrogen-bond acceptors (Lipinski definition) is 3. The number of rotatable bonds is 9. The number of carbonyl (C=O) groups excluding carboxylic acids is 2. The van der Waals surface area contributed by atoms with E-state index in [1.54, 1.807) is 35.7 Å². The average molecular weight is 431 g/mol. The maximum absolute atomic E-state index is 13.3. The average Bonchev–Trinajstić information content (AvgIpc) is 2.69. The van der Waals surface area contributed by atoms with Gasteiger partial charge in [-0.25, -0.2) is 4.39 Å². The van der Waals surface area contributed by atoms with Gasteiger partial charge in [0, 0.05) is 30.0 Å². The molecule has 0 heterocycles. The second kappa shape index (κ2) is 11.2. The van der Waals surface area contributed by atoms with Crippen molar-refractivity contribution in [1.29, 1.82) is 0 Å². The molecule has 0 aromatic heterocycles. The van der Waals surface area contributed by atoms with Crippen molar-refractivity contribution in [3.8, 4) is 0 Å². The molecule has 2 rings (SSSR count). The van der Waals surface area contributed by atoms with E-state index in [9.17, 15) is 14.0 Å². The molecule has 0 spiro atoms. The van der Waals surface area contributed by atoms with Crippen molar-refractivity contribution in [2.75, 3.05) is 5.75 Å². The summed E-state index contributed by atoms with van der Waals surface area (Å²) in [5.41, 5.74) is 1.62. The zero-order valence-corrected chi connectivity index (χ0v) is 19.0. The van der Waals surface area contributed by atoms with Gasteiger partial charge >= 0.3 is 0 Å². The van der Waals surface area contributed by atoms with Crippen LogP contribution < -0.4 is 5.32 Å². The van der Waals surface area contributed by atoms with Crippen LogP contribution in [0, 0.1) is 5.82 Å². The summed E-state index contributed by atoms with van der Waals surface area (Å²) in [5, 5.41) is 2.94. The number of thioether (sulfide) groups is 1. The Morgan fingerprint density at radius 2 is 1.67 bits per heavy atom. The van der Waals surface area contributed by atoms with Gasteiger partial charge in [-0.2, -0.15) is 11.8 Å². The lowest BCUT2D eigenvalue weighted by Crippen LogP contribution is -2.52. The number of halogens is 1. The summed E-state index contributed by atoms with van der Waals surface area (Å²) in [4.78, 5) is 27.3. The van der Waals surface area contributed by atoms with E-state index in [4.69, 9.17) is 0 Å². The third kappa shape index (κ3) is 8.19. The predicted molar refractivity (Wildman–Crippen MR) is 122 cm³/mol. The SMILES string of the molecule is C[C@@H](C(=O)NC(C)(C)C)N(Cc1ccc(F)cc1)C(=O)CCSCc1ccccc1. The monoisotopic (exact) mass is 430 g/mol. The second-order valence-electron chi connectivity index (χ2n) is 8.35. The minimum Gasteiger partial charge on any atom is -0.350 e. The molecule has 0 saturated heterocycles. The summed E-state index contributed by atoms with van der Waals surface area (Å²) in [5.74, 6) is 0.895. The standard InChI is InChI=1S/C24H31FN2O2S/c1-18(23(29)26-24(2,3)4)27(16-19-10-12-21(25)13-11-19)22(28)14-15-30-17-20-8-6-5-7-9-20/h5-13,18H,14-17H2,1-4H3,(H,26,29)/t18-/m0/s1. The van der Waals surface area contributed by atoms with E-state index >= 15 is 0 Å². The molecule has 1 N–H and O–H groups in total. The Kier molecular flexibility index (Phi) is 8.90. The number of amides is 2. The lowest BCUT2D eigenvalue weighted by Gasteiger charge is -2.31. The molecule has 0 fully saturated rings. The Labute approximate surface area is 183 Å². The normalized spacial score (nSPS) is 12.3. The van der Waals surface area contributed by atoms with Crippen LogP contribution in [0.15, 0.2) is 54.6 Å². The molecule has 1 atom stereocenters. The quantitative estimate of drug-likeness (QED) is 0.583. The van der Waals surface area contributed by atoms with Gasteiger partial charge in [-0.05, 0) is 51.0 Å². The topological polar surface area (TPSA) is 49.4 Å². The molecule has 0 aliphatic rings. The molecule has 2 amide bonds. The van der Waals surface area contributed by atoms with E-state index in [1.807, 2.05) is 39.0 Å². The van der Waals surface area contributed by atoms with Gasteiger partial charge in [0.15, 0.2) is 0 Å². The molecule has 6 heteroatoms. The first-order valence-corrected chi connectivity index (χ1v) is 11.3. The molecular weight excluding hydrogens is 399 g/mol. The van der Waals surface area contributed by atoms with E-state index in [-0.39, 0.29) is 29.7 Å². The van der Waals surface area contributed by atoms with Crippen LogP contribution in [0.3, 0.4) is 0 Å². The van der Waals surface area contributed by atoms with Gasteiger partial charge in [-0.15, -0.1) is 0 Å². The van der Waals surface area contributed by atoms with Crippen molar-refractivity contribution >= 4 is 23.6 Å². The minimum absolute atomic E-state index is 0.0866. The molecule has 0 bridgehead atoms. The summed E-state index contributed by atoms with van der Waals surface area (Å²) >= 11 is 1.69. The van der Waals surface area contributed by atoms with Gasteiger partial charge in [-0.3, -0.25) is 9.59 Å². The largest absolute Gasteiger partial charge is 0.350 e. The van der Waals surface area contributed by atoms with Crippen molar-refractivity contribution in [3.05, 3.63) is 71.5 Å². The first-order chi connectivity index (χ1) is 14.2. The Morgan fingerprint density at radius 3 is 2.27 bits per heavy atom. The fourth-order valence-corrected chi connectivity index (χ4v) is 3.80. The predicted octanol–water partition coefficient (Wildman–Crippen LogP) is 4.78. The van der Waals surface area contributed by atoms with Gasteiger partial charge in [0.05, 0.1) is 0 Å². The van der Waals surface area contributed by atoms with Crippen LogP contribution in [0.1, 0.15) is 45.2 Å². The summed E-state index contributed by atoms with van der Waals surface area (Å²) in [6.45, 7) is 7.72. The molecular formula is C24H31FN2O2S. The zero-order chi connectivity index (χ0) is 22.1. The van der Waals surface area contributed by atoms with Crippen molar-refractivity contribution in [2.24, 2.45) is 0 Å². The van der Waals surface area contributed by atoms with Crippen LogP contribution in [0.5, 0.6) is 0 Å². The molecule has 2 aromatic carbocycles. The highest BCUT2D eigenvalue weighted by Gasteiger charge is 2.28. The fraction of sp³-hybridized carbons (Fsp3) is 0.417. The van der Waals surface area contributed by atoms with Gasteiger partial charge in [-0.1, -0.05) is 42.5 Å². The number of nitrogens with zero attached hydrogens (tertiary/aromatic N) is 1. The van der Waals surface area contributed by atoms with Crippen molar-refractivity contribution in [1.82, 2.24) is 10.2 Å². The van der Waals surface area contributed by atoms with Gasteiger partial charge in [0.25, 0.3) is 0 Å². The Morgan fingerprint density at radius 1 is 1.03 bits per heavy atom. The van der Waals surface area contributed by atoms with Crippen LogP contribution in [-0.2, 0) is 21.9 Å². The maximum atomic E-state index is 13.3. The Hall–Kier alpha value is -2.34. The molecule has 0 unspecified atom stereocenters. The third-order valence-electron chi connectivity index (χ3n) is 4.50. The number of nitrogens with one attached hydrogen (secondary N) is 1. The maximum Gasteiger partial charge on any atom is 0.242 e. The molecule has 0 aliphatic carbocycles. The van der Waals surface area contributed by atoms with E-state index in [0.29, 0.717) is 12.2 Å². The van der Waals surface area contributed by atoms with Crippen LogP contribution in [-0.4, -0.2) is 34.0 Å². The van der Waals surface area contributed by atoms with E-state index in [1.165, 1.54) is 17.7 Å². The summed E-state index contributed by atoms with van der Waals surface area (Å²) in [6.07, 6.45) is 0.339. The fourth-order valence-electron chi connectivity index (χ4n) is 2.91. The summed E-state index contributed by atoms with van der Waals surface area (Å²) in [7, 11) is 0. The lowest BCUT2D eigenvalue weighted by molar-refractivity contribution is -0.140. The zero-order valence-electron chi connectivity index (χ0n) is 18.2. The molecule has 30 heavy (non-hydrogen) atoms. The number of hydrogen-bond donors (Lipinski definition) is 1. The lowest BCUT2D eigenvalue weighted by atomic mass is 10.1. The molecule has 162 valence electrons. The third-order valence-corrected chi connectivity index (χ3v) is 5.53. The highest BCUT2D eigenvalue weighted by molar-refractivity contribution is 7.98. The Bertz CT molecular complexity index is 819. The van der Waals surface area contributed by atoms with E-state index < -0.39 is 6.04 Å². The van der Waals surface area contributed by atoms with Crippen molar-refractivity contribution in [3.63, 3.8) is 0 Å². The Balaban J connectivity index is 2.02. The van der Waals surface area contributed by atoms with Gasteiger partial charge in [0.1, 0.15) is 11.9 Å². The van der Waals surface area contributed by atoms with Crippen LogP contribution >= 0.6 is 11.8 Å². The second-order valence-corrected chi connectivity index (χ2v) is 9.46. The van der Waals surface area contributed by atoms with Gasteiger partial charge in [0.2, 0.25) is 11.8 Å². The highest BCUT2D eigenvalue weighted by Crippen LogP contribution is 2.16. The number of carbonyl (C=O) groups is 2. The first-order valence-electron chi connectivity index (χ1n) is 10.1. The van der Waals surface area contributed by atoms with Crippen molar-refractivity contribution < 1.29 is 14.0 Å². The molecule has 4 nitrogen and oxygen atoms in total. The van der Waals surface area contributed by atoms with Crippen LogP contribution in [0.25, 0.3) is 0 Å². The summed E-state index contributed by atoms with van der Waals surface area (Å²) in [6, 6.07) is 15.5. The summed E-state index contributed by atoms with van der Waals surface area (Å²) < 4.78 is 13.3. The molecule has 2 aromatic rings. The molecule has 0 aliphatic heterocycles. The molecule has 0 saturated carbocycles. The first kappa shape index (κ1) is 23.9. The van der Waals surface area contributed by atoms with Crippen LogP contribution in [0.4, 0.5) is 4.39 Å². The van der Waals surface area contributed by atoms with Crippen molar-refractivity contribution in [2.45, 2.75) is 58.0 Å². The minimum atomic E-state index is -0.624. The molecule has 0 radical (unpaired) electrons.